The molecule has 16 heteroatoms. The van der Waals surface area contributed by atoms with Gasteiger partial charge in [-0.15, -0.1) is 0 Å². The van der Waals surface area contributed by atoms with Crippen molar-refractivity contribution in [3.63, 3.8) is 0 Å². The molecule has 0 radical (unpaired) electrons. The number of H-pyrrole nitrogens is 1. The Labute approximate surface area is 297 Å². The zero-order valence-electron chi connectivity index (χ0n) is 32.2. The molecule has 15 nitrogen and oxygen atoms in total. The molecule has 51 heavy (non-hydrogen) atoms. The number of hydrogen-bond donors (Lipinski definition) is 3. The summed E-state index contributed by atoms with van der Waals surface area (Å²) in [5.41, 5.74) is 2.53. The van der Waals surface area contributed by atoms with Gasteiger partial charge in [0.2, 0.25) is 0 Å². The molecule has 1 aliphatic heterocycles. The van der Waals surface area contributed by atoms with E-state index in [4.69, 9.17) is 24.1 Å². The van der Waals surface area contributed by atoms with E-state index in [1.165, 1.54) is 30.1 Å². The maximum absolute atomic E-state index is 16.7. The Morgan fingerprint density at radius 3 is 2.57 bits per heavy atom. The van der Waals surface area contributed by atoms with Gasteiger partial charge in [0, 0.05) is 47.6 Å². The molecule has 2 aliphatic rings. The zero-order valence-corrected chi connectivity index (χ0v) is 29.2. The number of alkyl carbamates (subject to hydrolysis) is 1. The molecule has 2 amide bonds. The summed E-state index contributed by atoms with van der Waals surface area (Å²) in [7, 11) is 1.50. The van der Waals surface area contributed by atoms with E-state index in [9.17, 15) is 19.6 Å². The summed E-state index contributed by atoms with van der Waals surface area (Å²) in [4.78, 5) is 44.5. The van der Waals surface area contributed by atoms with Crippen molar-refractivity contribution in [1.29, 1.82) is 5.26 Å². The standard InChI is InChI=1S/C35H40FN9O6/c1-33(2,3)50-31(47)41-23-13-35(9-10-35)49-28-18(23)11-21(36)25(19(28)14-37)27-20(16-39-45(27)8)22-12-17-24(15-38)42-43-30(46)26(17)29(40-22)44(7)32(48)51-34(4,5)6/h11-12,16,23H,9-10,13,15,38H2,1-8H3,(H,41,47)(H,43,46)/i7D3. The third-order valence-corrected chi connectivity index (χ3v) is 8.40. The monoisotopic (exact) mass is 704 g/mol. The van der Waals surface area contributed by atoms with Crippen molar-refractivity contribution >= 4 is 28.8 Å². The molecular formula is C35H40FN9O6. The van der Waals surface area contributed by atoms with Crippen molar-refractivity contribution in [2.24, 2.45) is 12.8 Å². The number of carbonyl (C=O) groups is 2. The fourth-order valence-corrected chi connectivity index (χ4v) is 6.11. The van der Waals surface area contributed by atoms with Crippen molar-refractivity contribution in [3.8, 4) is 34.3 Å². The maximum atomic E-state index is 16.7. The van der Waals surface area contributed by atoms with Crippen LogP contribution >= 0.6 is 0 Å². The Balaban J connectivity index is 1.59. The number of nitrogens with one attached hydrogen (secondary N) is 2. The van der Waals surface area contributed by atoms with Crippen LogP contribution in [0.4, 0.5) is 19.8 Å². The van der Waals surface area contributed by atoms with Gasteiger partial charge in [0.05, 0.1) is 40.3 Å². The highest BCUT2D eigenvalue weighted by atomic mass is 19.1. The molecule has 1 spiro atoms. The fourth-order valence-electron chi connectivity index (χ4n) is 6.11. The van der Waals surface area contributed by atoms with Crippen LogP contribution in [0.2, 0.25) is 0 Å². The van der Waals surface area contributed by atoms with Crippen molar-refractivity contribution in [2.75, 3.05) is 11.9 Å². The summed E-state index contributed by atoms with van der Waals surface area (Å²) in [5, 5.41) is 23.8. The lowest BCUT2D eigenvalue weighted by Crippen LogP contribution is -2.40. The first-order valence-corrected chi connectivity index (χ1v) is 16.2. The second kappa shape index (κ2) is 12.3. The smallest absolute Gasteiger partial charge is 0.415 e. The quantitative estimate of drug-likeness (QED) is 0.249. The molecule has 3 aromatic heterocycles. The van der Waals surface area contributed by atoms with Crippen LogP contribution in [0, 0.1) is 17.1 Å². The van der Waals surface area contributed by atoms with Gasteiger partial charge in [0.25, 0.3) is 5.56 Å². The lowest BCUT2D eigenvalue weighted by atomic mass is 9.89. The van der Waals surface area contributed by atoms with Crippen LogP contribution in [0.3, 0.4) is 0 Å². The fraction of sp³-hybridized carbons (Fsp3) is 0.457. The summed E-state index contributed by atoms with van der Waals surface area (Å²) < 4.78 is 60.1. The van der Waals surface area contributed by atoms with Gasteiger partial charge in [-0.05, 0) is 66.5 Å². The number of ether oxygens (including phenoxy) is 3. The van der Waals surface area contributed by atoms with Gasteiger partial charge in [-0.3, -0.25) is 14.4 Å². The number of carbonyl (C=O) groups excluding carboxylic acids is 2. The van der Waals surface area contributed by atoms with Crippen LogP contribution in [-0.2, 0) is 23.1 Å². The molecule has 1 fully saturated rings. The lowest BCUT2D eigenvalue weighted by molar-refractivity contribution is 0.0460. The van der Waals surface area contributed by atoms with Crippen molar-refractivity contribution < 1.29 is 32.3 Å². The first-order chi connectivity index (χ1) is 25.1. The Hall–Kier alpha value is -5.56. The topological polar surface area (TPSA) is 203 Å². The number of amides is 2. The first-order valence-electron chi connectivity index (χ1n) is 17.7. The van der Waals surface area contributed by atoms with Gasteiger partial charge in [-0.25, -0.2) is 24.1 Å². The number of nitriles is 1. The Morgan fingerprint density at radius 2 is 1.96 bits per heavy atom. The van der Waals surface area contributed by atoms with E-state index in [1.54, 1.807) is 41.5 Å². The lowest BCUT2D eigenvalue weighted by Gasteiger charge is -2.34. The second-order valence-electron chi connectivity index (χ2n) is 14.6. The van der Waals surface area contributed by atoms with Crippen LogP contribution in [0.15, 0.2) is 23.1 Å². The Bertz CT molecular complexity index is 2300. The molecule has 1 aromatic carbocycles. The minimum atomic E-state index is -3.21. The third kappa shape index (κ3) is 6.68. The summed E-state index contributed by atoms with van der Waals surface area (Å²) in [6, 6.07) is 3.94. The molecule has 1 aliphatic carbocycles. The van der Waals surface area contributed by atoms with Gasteiger partial charge >= 0.3 is 12.2 Å². The number of hydrogen-bond acceptors (Lipinski definition) is 11. The molecular weight excluding hydrogens is 661 g/mol. The molecule has 268 valence electrons. The van der Waals surface area contributed by atoms with Gasteiger partial charge in [0.1, 0.15) is 40.0 Å². The van der Waals surface area contributed by atoms with E-state index in [0.29, 0.717) is 19.3 Å². The number of aryl methyl sites for hydroxylation is 1. The summed E-state index contributed by atoms with van der Waals surface area (Å²) >= 11 is 0. The van der Waals surface area contributed by atoms with E-state index in [0.717, 1.165) is 0 Å². The van der Waals surface area contributed by atoms with E-state index >= 15 is 4.39 Å². The van der Waals surface area contributed by atoms with Gasteiger partial charge in [-0.1, -0.05) is 0 Å². The number of halogens is 1. The summed E-state index contributed by atoms with van der Waals surface area (Å²) in [6.45, 7) is 6.35. The number of benzene rings is 1. The third-order valence-electron chi connectivity index (χ3n) is 8.40. The molecule has 0 saturated heterocycles. The van der Waals surface area contributed by atoms with Crippen LogP contribution in [0.25, 0.3) is 33.3 Å². The first kappa shape index (κ1) is 31.4. The number of aromatic amines is 1. The number of anilines is 1. The van der Waals surface area contributed by atoms with Crippen molar-refractivity contribution in [2.45, 2.75) is 90.2 Å². The normalized spacial score (nSPS) is 17.3. The second-order valence-corrected chi connectivity index (χ2v) is 14.6. The SMILES string of the molecule is [2H]C([2H])([2H])N(C(=O)OC(C)(C)C)c1nc(-c2cnn(C)c2-c2c(F)cc3c(c2C#N)OC2(CC2)CC3NC(=O)OC(C)(C)C)cc2c(CN)n[nH]c(=O)c12. The number of nitrogens with two attached hydrogens (primary N) is 1. The van der Waals surface area contributed by atoms with Crippen molar-refractivity contribution in [1.82, 2.24) is 30.3 Å². The number of fused-ring (bicyclic) bond motifs is 2. The number of aromatic nitrogens is 5. The molecule has 4 aromatic rings. The van der Waals surface area contributed by atoms with Crippen molar-refractivity contribution in [3.05, 3.63) is 51.3 Å². The highest BCUT2D eigenvalue weighted by Crippen LogP contribution is 2.54. The molecule has 6 rings (SSSR count). The molecule has 1 unspecified atom stereocenters. The number of pyridine rings is 1. The van der Waals surface area contributed by atoms with Gasteiger partial charge in [-0.2, -0.15) is 15.5 Å². The highest BCUT2D eigenvalue weighted by molar-refractivity contribution is 6.02. The average Bonchev–Trinajstić information content (AvgIpc) is 3.66. The molecule has 4 N–H and O–H groups in total. The van der Waals surface area contributed by atoms with Crippen LogP contribution < -0.4 is 26.2 Å². The Morgan fingerprint density at radius 1 is 1.25 bits per heavy atom. The van der Waals surface area contributed by atoms with E-state index in [-0.39, 0.29) is 67.3 Å². The summed E-state index contributed by atoms with van der Waals surface area (Å²) in [5.74, 6) is -1.38. The maximum Gasteiger partial charge on any atom is 0.415 e. The van der Waals surface area contributed by atoms with E-state index in [1.807, 2.05) is 0 Å². The number of rotatable bonds is 5. The van der Waals surface area contributed by atoms with Crippen LogP contribution in [0.5, 0.6) is 5.75 Å². The molecule has 1 saturated carbocycles. The number of nitrogens with zero attached hydrogens (tertiary/aromatic N) is 6. The Kier molecular flexibility index (Phi) is 7.60. The molecule has 0 bridgehead atoms. The largest absolute Gasteiger partial charge is 0.485 e. The average molecular weight is 705 g/mol. The molecule has 1 atom stereocenters. The summed E-state index contributed by atoms with van der Waals surface area (Å²) in [6.07, 6.45) is 0.904. The predicted molar refractivity (Wildman–Crippen MR) is 184 cm³/mol. The van der Waals surface area contributed by atoms with Gasteiger partial charge < -0.3 is 25.3 Å². The minimum Gasteiger partial charge on any atom is -0.485 e. The van der Waals surface area contributed by atoms with E-state index in [2.05, 4.69) is 31.7 Å². The molecule has 4 heterocycles. The van der Waals surface area contributed by atoms with Crippen LogP contribution in [0.1, 0.15) is 87.8 Å². The van der Waals surface area contributed by atoms with Gasteiger partial charge in [0.15, 0.2) is 5.82 Å². The zero-order chi connectivity index (χ0) is 39.7. The predicted octanol–water partition coefficient (Wildman–Crippen LogP) is 5.11. The minimum absolute atomic E-state index is 0.0325. The van der Waals surface area contributed by atoms with E-state index < -0.39 is 59.2 Å². The highest BCUT2D eigenvalue weighted by Gasteiger charge is 2.52. The van der Waals surface area contributed by atoms with Crippen LogP contribution in [-0.4, -0.2) is 60.9 Å².